The average Bonchev–Trinajstić information content (AvgIpc) is 3.20. The number of aromatic nitrogens is 4. The van der Waals surface area contributed by atoms with Crippen molar-refractivity contribution >= 4 is 29.1 Å². The summed E-state index contributed by atoms with van der Waals surface area (Å²) in [5.74, 6) is -1.67. The summed E-state index contributed by atoms with van der Waals surface area (Å²) >= 11 is 0. The van der Waals surface area contributed by atoms with Gasteiger partial charge in [-0.05, 0) is 5.57 Å². The summed E-state index contributed by atoms with van der Waals surface area (Å²) < 4.78 is 12.8. The topological polar surface area (TPSA) is 142 Å². The highest BCUT2D eigenvalue weighted by atomic mass is 16.6. The molecule has 3 unspecified atom stereocenters. The van der Waals surface area contributed by atoms with Gasteiger partial charge in [0.1, 0.15) is 12.7 Å². The summed E-state index contributed by atoms with van der Waals surface area (Å²) in [5, 5.41) is 0. The Balaban J connectivity index is 1.93. The molecule has 3 rings (SSSR count). The van der Waals surface area contributed by atoms with Crippen molar-refractivity contribution in [3.8, 4) is 0 Å². The Morgan fingerprint density at radius 3 is 2.60 bits per heavy atom. The largest absolute Gasteiger partial charge is 0.465 e. The summed E-state index contributed by atoms with van der Waals surface area (Å²) in [5.41, 5.74) is 6.43. The van der Waals surface area contributed by atoms with E-state index in [9.17, 15) is 14.4 Å². The van der Waals surface area contributed by atoms with Crippen molar-refractivity contribution in [1.82, 2.24) is 19.5 Å². The number of carbonyl (C=O) groups is 2. The van der Waals surface area contributed by atoms with Crippen molar-refractivity contribution < 1.29 is 19.1 Å². The molecule has 1 aliphatic rings. The third-order valence-electron chi connectivity index (χ3n) is 5.21. The van der Waals surface area contributed by atoms with E-state index >= 15 is 0 Å². The van der Waals surface area contributed by atoms with Crippen LogP contribution in [-0.4, -0.2) is 44.2 Å². The number of hydrogen-bond donors (Lipinski definition) is 2. The van der Waals surface area contributed by atoms with Gasteiger partial charge < -0.3 is 19.8 Å². The molecule has 2 aromatic rings. The van der Waals surface area contributed by atoms with E-state index in [0.29, 0.717) is 17.6 Å². The minimum atomic E-state index is -0.533. The van der Waals surface area contributed by atoms with Gasteiger partial charge in [0.05, 0.1) is 30.1 Å². The van der Waals surface area contributed by atoms with Crippen LogP contribution < -0.4 is 11.3 Å². The molecule has 162 valence electrons. The van der Waals surface area contributed by atoms with Gasteiger partial charge in [0.25, 0.3) is 5.56 Å². The van der Waals surface area contributed by atoms with Crippen LogP contribution in [0.4, 0.5) is 5.95 Å². The molecule has 10 nitrogen and oxygen atoms in total. The first-order valence-corrected chi connectivity index (χ1v) is 9.88. The molecular weight excluding hydrogens is 390 g/mol. The fourth-order valence-electron chi connectivity index (χ4n) is 3.45. The van der Waals surface area contributed by atoms with Crippen LogP contribution in [0.15, 0.2) is 23.3 Å². The Hall–Kier alpha value is -3.17. The molecule has 3 N–H and O–H groups in total. The first kappa shape index (κ1) is 21.5. The van der Waals surface area contributed by atoms with Crippen LogP contribution in [0, 0.1) is 17.8 Å². The number of nitrogens with zero attached hydrogens (tertiary/aromatic N) is 3. The van der Waals surface area contributed by atoms with Gasteiger partial charge in [0.2, 0.25) is 5.95 Å². The normalized spacial score (nSPS) is 21.5. The van der Waals surface area contributed by atoms with Crippen molar-refractivity contribution in [1.29, 1.82) is 0 Å². The molecular formula is C20H27N5O5. The predicted octanol–water partition coefficient (Wildman–Crippen LogP) is 1.59. The molecule has 0 aromatic carbocycles. The van der Waals surface area contributed by atoms with Gasteiger partial charge in [-0.3, -0.25) is 19.4 Å². The number of esters is 2. The number of hydrogen-bond acceptors (Lipinski definition) is 8. The number of H-pyrrole nitrogens is 1. The molecule has 1 fully saturated rings. The highest BCUT2D eigenvalue weighted by molar-refractivity contribution is 5.73. The van der Waals surface area contributed by atoms with E-state index in [1.165, 1.54) is 6.33 Å². The van der Waals surface area contributed by atoms with E-state index < -0.39 is 17.6 Å². The number of fused-ring (bicyclic) bond motifs is 1. The number of nitrogen functional groups attached to an aromatic ring is 1. The number of imidazole rings is 1. The Morgan fingerprint density at radius 2 is 1.97 bits per heavy atom. The maximum atomic E-state index is 12.2. The van der Waals surface area contributed by atoms with E-state index in [1.807, 2.05) is 0 Å². The summed E-state index contributed by atoms with van der Waals surface area (Å²) in [6.45, 7) is 11.2. The minimum absolute atomic E-state index is 0.0249. The lowest BCUT2D eigenvalue weighted by atomic mass is 10.0. The van der Waals surface area contributed by atoms with Gasteiger partial charge in [-0.2, -0.15) is 4.98 Å². The summed E-state index contributed by atoms with van der Waals surface area (Å²) in [7, 11) is 0. The molecule has 1 saturated carbocycles. The standard InChI is InChI=1S/C20H27N5O5/c1-9(2)18(27)29-7-12-11(5)13(6-14(12)30-19(28)10(3)4)25-8-22-15-16(25)23-20(21)24-17(15)26/h8-10,12-14H,5-7H2,1-4H3,(H3,21,23,24,26). The molecule has 10 heteroatoms. The van der Waals surface area contributed by atoms with Gasteiger partial charge >= 0.3 is 11.9 Å². The first-order chi connectivity index (χ1) is 14.1. The van der Waals surface area contributed by atoms with Crippen LogP contribution in [0.25, 0.3) is 11.2 Å². The molecule has 3 atom stereocenters. The lowest BCUT2D eigenvalue weighted by Gasteiger charge is -2.21. The molecule has 2 aromatic heterocycles. The molecule has 30 heavy (non-hydrogen) atoms. The zero-order valence-corrected chi connectivity index (χ0v) is 17.5. The number of rotatable bonds is 6. The first-order valence-electron chi connectivity index (χ1n) is 9.88. The monoisotopic (exact) mass is 417 g/mol. The fraction of sp³-hybridized carbons (Fsp3) is 0.550. The number of carbonyl (C=O) groups excluding carboxylic acids is 2. The van der Waals surface area contributed by atoms with Crippen LogP contribution in [0.1, 0.15) is 40.2 Å². The molecule has 0 bridgehead atoms. The maximum absolute atomic E-state index is 12.2. The van der Waals surface area contributed by atoms with E-state index in [0.717, 1.165) is 0 Å². The number of ether oxygens (including phenoxy) is 2. The molecule has 0 amide bonds. The minimum Gasteiger partial charge on any atom is -0.465 e. The third kappa shape index (κ3) is 4.07. The highest BCUT2D eigenvalue weighted by Crippen LogP contribution is 2.42. The van der Waals surface area contributed by atoms with Crippen molar-refractivity contribution in [2.75, 3.05) is 12.3 Å². The van der Waals surface area contributed by atoms with Crippen LogP contribution in [-0.2, 0) is 19.1 Å². The SMILES string of the molecule is C=C1C(COC(=O)C(C)C)C(OC(=O)C(C)C)CC1n1cnc2c(=O)[nH]c(N)nc21. The van der Waals surface area contributed by atoms with Crippen molar-refractivity contribution in [2.24, 2.45) is 17.8 Å². The van der Waals surface area contributed by atoms with Gasteiger partial charge in [-0.1, -0.05) is 34.3 Å². The molecule has 0 radical (unpaired) electrons. The van der Waals surface area contributed by atoms with Crippen molar-refractivity contribution in [2.45, 2.75) is 46.3 Å². The van der Waals surface area contributed by atoms with Crippen molar-refractivity contribution in [3.63, 3.8) is 0 Å². The van der Waals surface area contributed by atoms with E-state index in [-0.39, 0.29) is 47.9 Å². The summed E-state index contributed by atoms with van der Waals surface area (Å²) in [6, 6.07) is -0.351. The molecule has 0 aliphatic heterocycles. The van der Waals surface area contributed by atoms with Gasteiger partial charge in [-0.15, -0.1) is 0 Å². The lowest BCUT2D eigenvalue weighted by molar-refractivity contribution is -0.157. The number of nitrogens with one attached hydrogen (secondary N) is 1. The Labute approximate surface area is 173 Å². The quantitative estimate of drug-likeness (QED) is 0.533. The van der Waals surface area contributed by atoms with Crippen LogP contribution in [0.3, 0.4) is 0 Å². The van der Waals surface area contributed by atoms with Gasteiger partial charge in [-0.25, -0.2) is 4.98 Å². The Bertz CT molecular complexity index is 1040. The smallest absolute Gasteiger partial charge is 0.308 e. The van der Waals surface area contributed by atoms with Crippen LogP contribution in [0.2, 0.25) is 0 Å². The molecule has 2 heterocycles. The van der Waals surface area contributed by atoms with E-state index in [1.54, 1.807) is 32.3 Å². The highest BCUT2D eigenvalue weighted by Gasteiger charge is 2.42. The van der Waals surface area contributed by atoms with Crippen LogP contribution >= 0.6 is 0 Å². The second kappa shape index (κ2) is 8.29. The second-order valence-electron chi connectivity index (χ2n) is 8.12. The average molecular weight is 417 g/mol. The molecule has 0 spiro atoms. The number of aromatic amines is 1. The van der Waals surface area contributed by atoms with Crippen LogP contribution in [0.5, 0.6) is 0 Å². The third-order valence-corrected chi connectivity index (χ3v) is 5.21. The fourth-order valence-corrected chi connectivity index (χ4v) is 3.45. The Morgan fingerprint density at radius 1 is 1.30 bits per heavy atom. The molecule has 0 saturated heterocycles. The maximum Gasteiger partial charge on any atom is 0.308 e. The summed E-state index contributed by atoms with van der Waals surface area (Å²) in [6.07, 6.45) is 1.35. The van der Waals surface area contributed by atoms with E-state index in [2.05, 4.69) is 21.5 Å². The van der Waals surface area contributed by atoms with Gasteiger partial charge in [0.15, 0.2) is 11.2 Å². The van der Waals surface area contributed by atoms with Gasteiger partial charge in [0, 0.05) is 6.42 Å². The second-order valence-corrected chi connectivity index (χ2v) is 8.12. The Kier molecular flexibility index (Phi) is 5.95. The van der Waals surface area contributed by atoms with E-state index in [4.69, 9.17) is 15.2 Å². The number of anilines is 1. The zero-order valence-electron chi connectivity index (χ0n) is 17.5. The predicted molar refractivity (Wildman–Crippen MR) is 109 cm³/mol. The number of nitrogens with two attached hydrogens (primary N) is 1. The molecule has 1 aliphatic carbocycles. The zero-order chi connectivity index (χ0) is 22.2. The summed E-state index contributed by atoms with van der Waals surface area (Å²) in [4.78, 5) is 47.1. The van der Waals surface area contributed by atoms with Crippen molar-refractivity contribution in [3.05, 3.63) is 28.8 Å². The lowest BCUT2D eigenvalue weighted by Crippen LogP contribution is -2.29.